The molecule has 17 heavy (non-hydrogen) atoms. The van der Waals surface area contributed by atoms with Gasteiger partial charge in [0.15, 0.2) is 0 Å². The molecule has 2 heterocycles. The molecule has 94 valence electrons. The first kappa shape index (κ1) is 11.2. The molecular weight excluding hydrogens is 218 g/mol. The summed E-state index contributed by atoms with van der Waals surface area (Å²) in [5.41, 5.74) is 0.828. The third-order valence-corrected chi connectivity index (χ3v) is 4.05. The molecule has 1 saturated carbocycles. The summed E-state index contributed by atoms with van der Waals surface area (Å²) in [6, 6.07) is 0. The van der Waals surface area contributed by atoms with Crippen molar-refractivity contribution in [3.63, 3.8) is 0 Å². The van der Waals surface area contributed by atoms with Crippen LogP contribution in [0.1, 0.15) is 25.0 Å². The van der Waals surface area contributed by atoms with Crippen LogP contribution in [0.2, 0.25) is 0 Å². The van der Waals surface area contributed by atoms with E-state index in [4.69, 9.17) is 4.74 Å². The van der Waals surface area contributed by atoms with E-state index in [1.54, 1.807) is 4.68 Å². The average molecular weight is 237 g/mol. The van der Waals surface area contributed by atoms with Gasteiger partial charge in [0.05, 0.1) is 18.4 Å². The van der Waals surface area contributed by atoms with Gasteiger partial charge in [-0.05, 0) is 25.2 Å². The van der Waals surface area contributed by atoms with Crippen molar-refractivity contribution in [1.82, 2.24) is 15.0 Å². The number of ether oxygens (including phenoxy) is 1. The topological polar surface area (TPSA) is 60.2 Å². The highest BCUT2D eigenvalue weighted by Crippen LogP contribution is 2.48. The van der Waals surface area contributed by atoms with Crippen molar-refractivity contribution in [2.24, 2.45) is 18.4 Å². The molecule has 2 aliphatic rings. The zero-order valence-corrected chi connectivity index (χ0v) is 10.2. The van der Waals surface area contributed by atoms with E-state index in [9.17, 15) is 5.11 Å². The summed E-state index contributed by atoms with van der Waals surface area (Å²) in [6.07, 6.45) is 6.34. The summed E-state index contributed by atoms with van der Waals surface area (Å²) in [4.78, 5) is 0. The molecule has 1 saturated heterocycles. The largest absolute Gasteiger partial charge is 0.396 e. The summed E-state index contributed by atoms with van der Waals surface area (Å²) in [5, 5.41) is 17.9. The standard InChI is InChI=1S/C12H19N3O2/c1-15-7-10(13-14-15)6-12(8-16)4-5-17-11(12)9-2-3-9/h7,9,11,16H,2-6,8H2,1H3. The van der Waals surface area contributed by atoms with Gasteiger partial charge in [-0.1, -0.05) is 5.21 Å². The highest BCUT2D eigenvalue weighted by Gasteiger charge is 2.50. The molecule has 0 aromatic carbocycles. The fourth-order valence-corrected chi connectivity index (χ4v) is 2.99. The van der Waals surface area contributed by atoms with Crippen LogP contribution in [-0.2, 0) is 18.2 Å². The number of aryl methyl sites for hydroxylation is 1. The van der Waals surface area contributed by atoms with E-state index in [1.165, 1.54) is 12.8 Å². The molecular formula is C12H19N3O2. The first-order chi connectivity index (χ1) is 8.23. The number of aliphatic hydroxyl groups excluding tert-OH is 1. The van der Waals surface area contributed by atoms with E-state index < -0.39 is 0 Å². The molecule has 0 bridgehead atoms. The van der Waals surface area contributed by atoms with Crippen molar-refractivity contribution >= 4 is 0 Å². The van der Waals surface area contributed by atoms with Crippen molar-refractivity contribution < 1.29 is 9.84 Å². The van der Waals surface area contributed by atoms with Crippen LogP contribution in [-0.4, -0.2) is 39.4 Å². The molecule has 1 aromatic rings. The van der Waals surface area contributed by atoms with E-state index in [0.29, 0.717) is 5.92 Å². The second-order valence-electron chi connectivity index (χ2n) is 5.46. The van der Waals surface area contributed by atoms with Crippen LogP contribution in [0.5, 0.6) is 0 Å². The predicted octanol–water partition coefficient (Wildman–Crippen LogP) is 0.535. The molecule has 3 rings (SSSR count). The van der Waals surface area contributed by atoms with Crippen molar-refractivity contribution in [3.8, 4) is 0 Å². The predicted molar refractivity (Wildman–Crippen MR) is 61.3 cm³/mol. The monoisotopic (exact) mass is 237 g/mol. The summed E-state index contributed by atoms with van der Waals surface area (Å²) in [5.74, 6) is 0.654. The average Bonchev–Trinajstić information content (AvgIpc) is 2.96. The molecule has 0 radical (unpaired) electrons. The summed E-state index contributed by atoms with van der Waals surface area (Å²) in [7, 11) is 1.87. The van der Waals surface area contributed by atoms with Gasteiger partial charge in [-0.15, -0.1) is 5.10 Å². The van der Waals surface area contributed by atoms with Crippen molar-refractivity contribution in [3.05, 3.63) is 11.9 Å². The first-order valence-corrected chi connectivity index (χ1v) is 6.31. The maximum absolute atomic E-state index is 9.80. The lowest BCUT2D eigenvalue weighted by atomic mass is 9.76. The van der Waals surface area contributed by atoms with Gasteiger partial charge in [-0.25, -0.2) is 0 Å². The normalized spacial score (nSPS) is 33.2. The van der Waals surface area contributed by atoms with Crippen LogP contribution in [0.15, 0.2) is 6.20 Å². The number of hydrogen-bond acceptors (Lipinski definition) is 4. The Bertz CT molecular complexity index is 402. The highest BCUT2D eigenvalue weighted by molar-refractivity contribution is 5.06. The van der Waals surface area contributed by atoms with Gasteiger partial charge in [0.2, 0.25) is 0 Å². The maximum Gasteiger partial charge on any atom is 0.0834 e. The summed E-state index contributed by atoms with van der Waals surface area (Å²) < 4.78 is 7.56. The van der Waals surface area contributed by atoms with Gasteiger partial charge < -0.3 is 9.84 Å². The molecule has 2 atom stereocenters. The summed E-state index contributed by atoms with van der Waals surface area (Å²) in [6.45, 7) is 0.951. The first-order valence-electron chi connectivity index (χ1n) is 6.31. The number of rotatable bonds is 4. The van der Waals surface area contributed by atoms with Gasteiger partial charge in [0.25, 0.3) is 0 Å². The van der Waals surface area contributed by atoms with Crippen LogP contribution < -0.4 is 0 Å². The lowest BCUT2D eigenvalue weighted by molar-refractivity contribution is 0.0000904. The molecule has 1 aliphatic heterocycles. The number of nitrogens with zero attached hydrogens (tertiary/aromatic N) is 3. The highest BCUT2D eigenvalue weighted by atomic mass is 16.5. The van der Waals surface area contributed by atoms with Crippen LogP contribution in [0.4, 0.5) is 0 Å². The Kier molecular flexibility index (Phi) is 2.67. The third-order valence-electron chi connectivity index (χ3n) is 4.05. The second-order valence-corrected chi connectivity index (χ2v) is 5.46. The van der Waals surface area contributed by atoms with E-state index in [1.807, 2.05) is 13.2 Å². The Morgan fingerprint density at radius 2 is 2.41 bits per heavy atom. The number of aromatic nitrogens is 3. The molecule has 2 unspecified atom stereocenters. The van der Waals surface area contributed by atoms with Crippen LogP contribution >= 0.6 is 0 Å². The van der Waals surface area contributed by atoms with E-state index in [0.717, 1.165) is 25.1 Å². The lowest BCUT2D eigenvalue weighted by Crippen LogP contribution is -2.38. The Labute approximate surface area is 101 Å². The van der Waals surface area contributed by atoms with Gasteiger partial charge in [0, 0.05) is 31.7 Å². The molecule has 5 nitrogen and oxygen atoms in total. The van der Waals surface area contributed by atoms with Crippen molar-refractivity contribution in [2.45, 2.75) is 31.8 Å². The SMILES string of the molecule is Cn1cc(CC2(CO)CCOC2C2CC2)nn1. The number of hydrogen-bond donors (Lipinski definition) is 1. The fourth-order valence-electron chi connectivity index (χ4n) is 2.99. The minimum atomic E-state index is -0.128. The molecule has 0 amide bonds. The second kappa shape index (κ2) is 4.07. The Balaban J connectivity index is 1.80. The van der Waals surface area contributed by atoms with Crippen molar-refractivity contribution in [1.29, 1.82) is 0 Å². The van der Waals surface area contributed by atoms with Crippen LogP contribution in [0.3, 0.4) is 0 Å². The lowest BCUT2D eigenvalue weighted by Gasteiger charge is -2.31. The molecule has 2 fully saturated rings. The third kappa shape index (κ3) is 1.98. The van der Waals surface area contributed by atoms with Gasteiger partial charge >= 0.3 is 0 Å². The zero-order chi connectivity index (χ0) is 11.9. The van der Waals surface area contributed by atoms with Gasteiger partial charge in [0.1, 0.15) is 0 Å². The van der Waals surface area contributed by atoms with Gasteiger partial charge in [-0.2, -0.15) is 0 Å². The minimum absolute atomic E-state index is 0.128. The van der Waals surface area contributed by atoms with E-state index in [2.05, 4.69) is 10.3 Å². The van der Waals surface area contributed by atoms with Crippen molar-refractivity contribution in [2.75, 3.05) is 13.2 Å². The smallest absolute Gasteiger partial charge is 0.0834 e. The Morgan fingerprint density at radius 3 is 3.00 bits per heavy atom. The number of aliphatic hydroxyl groups is 1. The van der Waals surface area contributed by atoms with Crippen LogP contribution in [0.25, 0.3) is 0 Å². The molecule has 1 N–H and O–H groups in total. The quantitative estimate of drug-likeness (QED) is 0.830. The zero-order valence-electron chi connectivity index (χ0n) is 10.2. The van der Waals surface area contributed by atoms with Gasteiger partial charge in [-0.3, -0.25) is 4.68 Å². The fraction of sp³-hybridized carbons (Fsp3) is 0.833. The van der Waals surface area contributed by atoms with E-state index in [-0.39, 0.29) is 18.1 Å². The van der Waals surface area contributed by atoms with E-state index >= 15 is 0 Å². The molecule has 0 spiro atoms. The molecule has 1 aromatic heterocycles. The molecule has 5 heteroatoms. The maximum atomic E-state index is 9.80. The Hall–Kier alpha value is -0.940. The Morgan fingerprint density at radius 1 is 1.59 bits per heavy atom. The van der Waals surface area contributed by atoms with Crippen LogP contribution in [0, 0.1) is 11.3 Å². The molecule has 1 aliphatic carbocycles. The minimum Gasteiger partial charge on any atom is -0.396 e. The summed E-state index contributed by atoms with van der Waals surface area (Å²) >= 11 is 0.